The van der Waals surface area contributed by atoms with E-state index < -0.39 is 5.60 Å². The molecule has 0 radical (unpaired) electrons. The maximum absolute atomic E-state index is 12.1. The molecule has 1 aliphatic rings. The van der Waals surface area contributed by atoms with E-state index in [9.17, 15) is 9.59 Å². The highest BCUT2D eigenvalue weighted by atomic mass is 16.6. The Kier molecular flexibility index (Phi) is 6.45. The van der Waals surface area contributed by atoms with Gasteiger partial charge in [0.25, 0.3) is 0 Å². The van der Waals surface area contributed by atoms with Crippen LogP contribution in [0.15, 0.2) is 0 Å². The van der Waals surface area contributed by atoms with Gasteiger partial charge in [-0.1, -0.05) is 0 Å². The average molecular weight is 299 g/mol. The Morgan fingerprint density at radius 2 is 2.05 bits per heavy atom. The number of hydrogen-bond acceptors (Lipinski definition) is 4. The predicted molar refractivity (Wildman–Crippen MR) is 81.8 cm³/mol. The fourth-order valence-electron chi connectivity index (χ4n) is 2.54. The van der Waals surface area contributed by atoms with Crippen molar-refractivity contribution in [3.05, 3.63) is 0 Å². The Balaban J connectivity index is 2.56. The zero-order valence-corrected chi connectivity index (χ0v) is 13.7. The molecule has 1 aliphatic heterocycles. The topological polar surface area (TPSA) is 75.9 Å². The van der Waals surface area contributed by atoms with E-state index >= 15 is 0 Å². The van der Waals surface area contributed by atoms with Crippen LogP contribution in [-0.4, -0.2) is 60.1 Å². The first-order valence-corrected chi connectivity index (χ1v) is 7.72. The molecular weight excluding hydrogens is 270 g/mol. The lowest BCUT2D eigenvalue weighted by Crippen LogP contribution is -2.47. The van der Waals surface area contributed by atoms with E-state index in [1.165, 1.54) is 0 Å². The number of nitrogens with zero attached hydrogens (tertiary/aromatic N) is 2. The first-order valence-electron chi connectivity index (χ1n) is 7.72. The number of rotatable bonds is 4. The van der Waals surface area contributed by atoms with Gasteiger partial charge in [0.15, 0.2) is 0 Å². The molecule has 2 amide bonds. The van der Waals surface area contributed by atoms with Gasteiger partial charge in [-0.15, -0.1) is 0 Å². The number of amides is 2. The van der Waals surface area contributed by atoms with Gasteiger partial charge in [0, 0.05) is 26.2 Å². The Morgan fingerprint density at radius 1 is 1.38 bits per heavy atom. The van der Waals surface area contributed by atoms with Crippen molar-refractivity contribution in [2.45, 2.75) is 46.1 Å². The fourth-order valence-corrected chi connectivity index (χ4v) is 2.54. The summed E-state index contributed by atoms with van der Waals surface area (Å²) in [5.41, 5.74) is 4.93. The molecule has 1 saturated heterocycles. The van der Waals surface area contributed by atoms with Crippen molar-refractivity contribution in [1.82, 2.24) is 9.80 Å². The highest BCUT2D eigenvalue weighted by Gasteiger charge is 2.27. The van der Waals surface area contributed by atoms with Crippen molar-refractivity contribution < 1.29 is 14.3 Å². The molecule has 21 heavy (non-hydrogen) atoms. The molecule has 6 nitrogen and oxygen atoms in total. The van der Waals surface area contributed by atoms with Gasteiger partial charge in [0.1, 0.15) is 5.60 Å². The largest absolute Gasteiger partial charge is 0.444 e. The van der Waals surface area contributed by atoms with E-state index in [4.69, 9.17) is 10.5 Å². The van der Waals surface area contributed by atoms with Crippen LogP contribution in [0.1, 0.15) is 40.5 Å². The number of piperidine rings is 1. The minimum absolute atomic E-state index is 0.0139. The van der Waals surface area contributed by atoms with E-state index in [-0.39, 0.29) is 18.5 Å². The molecule has 0 saturated carbocycles. The molecule has 1 fully saturated rings. The summed E-state index contributed by atoms with van der Waals surface area (Å²) in [5, 5.41) is 0. The van der Waals surface area contributed by atoms with Gasteiger partial charge in [-0.05, 0) is 46.5 Å². The number of ether oxygens (including phenoxy) is 1. The molecule has 2 N–H and O–H groups in total. The SMILES string of the molecule is CCN(CC1CCCN(C(=O)CN)C1)C(=O)OC(C)(C)C. The van der Waals surface area contributed by atoms with E-state index in [0.29, 0.717) is 25.6 Å². The minimum atomic E-state index is -0.487. The fraction of sp³-hybridized carbons (Fsp3) is 0.867. The highest BCUT2D eigenvalue weighted by molar-refractivity contribution is 5.78. The summed E-state index contributed by atoms with van der Waals surface area (Å²) in [7, 11) is 0. The Morgan fingerprint density at radius 3 is 2.57 bits per heavy atom. The number of nitrogens with two attached hydrogens (primary N) is 1. The average Bonchev–Trinajstić information content (AvgIpc) is 2.42. The van der Waals surface area contributed by atoms with Gasteiger partial charge in [-0.2, -0.15) is 0 Å². The lowest BCUT2D eigenvalue weighted by Gasteiger charge is -2.35. The minimum Gasteiger partial charge on any atom is -0.444 e. The molecule has 0 aliphatic carbocycles. The molecule has 1 atom stereocenters. The monoisotopic (exact) mass is 299 g/mol. The zero-order chi connectivity index (χ0) is 16.0. The van der Waals surface area contributed by atoms with Crippen molar-refractivity contribution >= 4 is 12.0 Å². The van der Waals surface area contributed by atoms with Crippen molar-refractivity contribution in [1.29, 1.82) is 0 Å². The summed E-state index contributed by atoms with van der Waals surface area (Å²) < 4.78 is 5.41. The second kappa shape index (κ2) is 7.64. The zero-order valence-electron chi connectivity index (χ0n) is 13.7. The van der Waals surface area contributed by atoms with Gasteiger partial charge in [0.2, 0.25) is 5.91 Å². The molecule has 122 valence electrons. The van der Waals surface area contributed by atoms with Gasteiger partial charge in [0.05, 0.1) is 6.54 Å². The smallest absolute Gasteiger partial charge is 0.410 e. The third-order valence-electron chi connectivity index (χ3n) is 3.56. The maximum Gasteiger partial charge on any atom is 0.410 e. The summed E-state index contributed by atoms with van der Waals surface area (Å²) >= 11 is 0. The number of carbonyl (C=O) groups is 2. The summed E-state index contributed by atoms with van der Waals surface area (Å²) in [6.07, 6.45) is 1.70. The van der Waals surface area contributed by atoms with Gasteiger partial charge < -0.3 is 20.3 Å². The number of hydrogen-bond donors (Lipinski definition) is 1. The van der Waals surface area contributed by atoms with Crippen LogP contribution in [0, 0.1) is 5.92 Å². The van der Waals surface area contributed by atoms with Crippen LogP contribution in [-0.2, 0) is 9.53 Å². The molecule has 0 spiro atoms. The number of carbonyl (C=O) groups excluding carboxylic acids is 2. The molecular formula is C15H29N3O3. The van der Waals surface area contributed by atoms with Gasteiger partial charge in [-0.3, -0.25) is 4.79 Å². The third kappa shape index (κ3) is 5.91. The molecule has 0 aromatic rings. The summed E-state index contributed by atoms with van der Waals surface area (Å²) in [5.74, 6) is 0.279. The molecule has 0 bridgehead atoms. The van der Waals surface area contributed by atoms with E-state index in [1.54, 1.807) is 9.80 Å². The second-order valence-corrected chi connectivity index (χ2v) is 6.57. The predicted octanol–water partition coefficient (Wildman–Crippen LogP) is 1.44. The van der Waals surface area contributed by atoms with Crippen LogP contribution in [0.2, 0.25) is 0 Å². The lowest BCUT2D eigenvalue weighted by atomic mass is 9.97. The molecule has 0 aromatic heterocycles. The Bertz CT molecular complexity index is 366. The standard InChI is InChI=1S/C15H29N3O3/c1-5-17(14(20)21-15(2,3)4)10-12-7-6-8-18(11-12)13(19)9-16/h12H,5-11,16H2,1-4H3. The van der Waals surface area contributed by atoms with Crippen molar-refractivity contribution in [2.24, 2.45) is 11.7 Å². The Hall–Kier alpha value is -1.30. The third-order valence-corrected chi connectivity index (χ3v) is 3.56. The quantitative estimate of drug-likeness (QED) is 0.852. The molecule has 0 aromatic carbocycles. The van der Waals surface area contributed by atoms with E-state index in [0.717, 1.165) is 19.4 Å². The van der Waals surface area contributed by atoms with Crippen molar-refractivity contribution in [3.63, 3.8) is 0 Å². The summed E-state index contributed by atoms with van der Waals surface area (Å²) in [6.45, 7) is 10.3. The van der Waals surface area contributed by atoms with Gasteiger partial charge in [-0.25, -0.2) is 4.79 Å². The molecule has 6 heteroatoms. The van der Waals surface area contributed by atoms with Crippen LogP contribution in [0.5, 0.6) is 0 Å². The van der Waals surface area contributed by atoms with Crippen LogP contribution in [0.3, 0.4) is 0 Å². The number of likely N-dealkylation sites (tertiary alicyclic amines) is 1. The highest BCUT2D eigenvalue weighted by Crippen LogP contribution is 2.19. The van der Waals surface area contributed by atoms with Crippen LogP contribution in [0.25, 0.3) is 0 Å². The molecule has 1 rings (SSSR count). The van der Waals surface area contributed by atoms with Crippen LogP contribution < -0.4 is 5.73 Å². The van der Waals surface area contributed by atoms with E-state index in [2.05, 4.69) is 0 Å². The van der Waals surface area contributed by atoms with E-state index in [1.807, 2.05) is 27.7 Å². The second-order valence-electron chi connectivity index (χ2n) is 6.57. The normalized spacial score (nSPS) is 19.3. The van der Waals surface area contributed by atoms with Crippen LogP contribution >= 0.6 is 0 Å². The summed E-state index contributed by atoms with van der Waals surface area (Å²) in [4.78, 5) is 27.3. The molecule has 1 unspecified atom stereocenters. The first-order chi connectivity index (χ1) is 9.76. The van der Waals surface area contributed by atoms with Crippen molar-refractivity contribution in [3.8, 4) is 0 Å². The van der Waals surface area contributed by atoms with Crippen LogP contribution in [0.4, 0.5) is 4.79 Å². The Labute approximate surface area is 127 Å². The lowest BCUT2D eigenvalue weighted by molar-refractivity contribution is -0.131. The summed E-state index contributed by atoms with van der Waals surface area (Å²) in [6, 6.07) is 0. The van der Waals surface area contributed by atoms with Crippen molar-refractivity contribution in [2.75, 3.05) is 32.7 Å². The first kappa shape index (κ1) is 17.8. The maximum atomic E-state index is 12.1. The molecule has 1 heterocycles. The van der Waals surface area contributed by atoms with Gasteiger partial charge >= 0.3 is 6.09 Å².